The number of ketones is 1. The van der Waals surface area contributed by atoms with Crippen molar-refractivity contribution >= 4 is 23.6 Å². The Morgan fingerprint density at radius 3 is 2.80 bits per heavy atom. The summed E-state index contributed by atoms with van der Waals surface area (Å²) < 4.78 is 5.02. The molecule has 0 saturated carbocycles. The molecule has 1 aromatic carbocycles. The number of ether oxygens (including phenoxy) is 1. The van der Waals surface area contributed by atoms with E-state index in [0.29, 0.717) is 5.76 Å². The van der Waals surface area contributed by atoms with Gasteiger partial charge in [0.05, 0.1) is 6.42 Å². The van der Waals surface area contributed by atoms with Crippen molar-refractivity contribution in [1.29, 1.82) is 0 Å². The van der Waals surface area contributed by atoms with Crippen molar-refractivity contribution in [2.45, 2.75) is 13.3 Å². The second-order valence-electron chi connectivity index (χ2n) is 3.39. The van der Waals surface area contributed by atoms with Gasteiger partial charge in [-0.25, -0.2) is 0 Å². The number of esters is 1. The molecule has 0 amide bonds. The van der Waals surface area contributed by atoms with Crippen LogP contribution in [0, 0.1) is 0 Å². The number of hydrogen-bond acceptors (Lipinski definition) is 3. The Morgan fingerprint density at radius 2 is 2.07 bits per heavy atom. The Bertz CT molecular complexity index is 540. The Balaban J connectivity index is 2.66. The molecule has 0 N–H and O–H groups in total. The average Bonchev–Trinajstić information content (AvgIpc) is 2.16. The van der Waals surface area contributed by atoms with Crippen LogP contribution < -0.4 is 10.4 Å². The van der Waals surface area contributed by atoms with Gasteiger partial charge in [-0.05, 0) is 11.3 Å². The summed E-state index contributed by atoms with van der Waals surface area (Å²) in [6, 6.07) is 7.37. The van der Waals surface area contributed by atoms with Crippen LogP contribution in [0.1, 0.15) is 13.3 Å². The first-order valence-corrected chi connectivity index (χ1v) is 4.68. The number of Topliss-reactive ketones (excluding diaryl/α,β-unsaturated/α-hetero) is 1. The summed E-state index contributed by atoms with van der Waals surface area (Å²) in [5, 5.41) is 1.64. The highest BCUT2D eigenvalue weighted by atomic mass is 16.5. The minimum absolute atomic E-state index is 0.0371. The number of fused-ring (bicyclic) bond motifs is 1. The summed E-state index contributed by atoms with van der Waals surface area (Å²) in [6.45, 7) is 1.33. The maximum atomic E-state index is 11.4. The highest BCUT2D eigenvalue weighted by molar-refractivity contribution is 6.10. The van der Waals surface area contributed by atoms with Crippen LogP contribution in [0.4, 0.5) is 0 Å². The first kappa shape index (κ1) is 9.65. The van der Waals surface area contributed by atoms with Gasteiger partial charge in [-0.2, -0.15) is 0 Å². The highest BCUT2D eigenvalue weighted by Gasteiger charge is 2.13. The third kappa shape index (κ3) is 1.96. The van der Waals surface area contributed by atoms with Gasteiger partial charge >= 0.3 is 5.97 Å². The molecule has 0 fully saturated rings. The van der Waals surface area contributed by atoms with Crippen molar-refractivity contribution in [2.75, 3.05) is 0 Å². The van der Waals surface area contributed by atoms with Gasteiger partial charge < -0.3 is 4.74 Å². The molecule has 0 radical (unpaired) electrons. The zero-order valence-electron chi connectivity index (χ0n) is 8.32. The molecule has 2 rings (SSSR count). The van der Waals surface area contributed by atoms with Gasteiger partial charge in [0.15, 0.2) is 5.78 Å². The molecular weight excluding hydrogens is 192 g/mol. The smallest absolute Gasteiger partial charge is 0.307 e. The minimum Gasteiger partial charge on any atom is -0.430 e. The molecule has 1 aliphatic carbocycles. The van der Waals surface area contributed by atoms with Crippen LogP contribution in [0.5, 0.6) is 0 Å². The third-order valence-electron chi connectivity index (χ3n) is 2.18. The van der Waals surface area contributed by atoms with Crippen molar-refractivity contribution in [3.05, 3.63) is 34.7 Å². The molecule has 0 aromatic heterocycles. The van der Waals surface area contributed by atoms with E-state index >= 15 is 0 Å². The van der Waals surface area contributed by atoms with Crippen molar-refractivity contribution in [3.63, 3.8) is 0 Å². The van der Waals surface area contributed by atoms with Gasteiger partial charge in [-0.15, -0.1) is 0 Å². The number of carbonyl (C=O) groups is 2. The molecule has 76 valence electrons. The van der Waals surface area contributed by atoms with E-state index in [2.05, 4.69) is 0 Å². The van der Waals surface area contributed by atoms with E-state index in [4.69, 9.17) is 4.74 Å². The normalized spacial score (nSPS) is 14.2. The summed E-state index contributed by atoms with van der Waals surface area (Å²) in [5.74, 6) is 0.0186. The van der Waals surface area contributed by atoms with E-state index in [1.54, 1.807) is 6.08 Å². The summed E-state index contributed by atoms with van der Waals surface area (Å²) in [4.78, 5) is 22.2. The molecule has 1 aliphatic rings. The molecular formula is C12H10O3. The largest absolute Gasteiger partial charge is 0.430 e. The highest BCUT2D eigenvalue weighted by Crippen LogP contribution is 2.06. The molecule has 1 aromatic rings. The summed E-state index contributed by atoms with van der Waals surface area (Å²) in [7, 11) is 0. The summed E-state index contributed by atoms with van der Waals surface area (Å²) >= 11 is 0. The van der Waals surface area contributed by atoms with Gasteiger partial charge in [0.25, 0.3) is 0 Å². The van der Waals surface area contributed by atoms with Gasteiger partial charge in [-0.3, -0.25) is 9.59 Å². The van der Waals surface area contributed by atoms with E-state index in [1.807, 2.05) is 24.3 Å². The monoisotopic (exact) mass is 202 g/mol. The van der Waals surface area contributed by atoms with Crippen LogP contribution in [-0.4, -0.2) is 11.8 Å². The molecule has 0 unspecified atom stereocenters. The van der Waals surface area contributed by atoms with Crippen LogP contribution in [0.15, 0.2) is 24.3 Å². The molecule has 0 heterocycles. The van der Waals surface area contributed by atoms with E-state index in [-0.39, 0.29) is 12.2 Å². The molecule has 0 bridgehead atoms. The Hall–Kier alpha value is -1.90. The van der Waals surface area contributed by atoms with Crippen LogP contribution in [-0.2, 0) is 14.3 Å². The van der Waals surface area contributed by atoms with Gasteiger partial charge in [0.2, 0.25) is 0 Å². The predicted molar refractivity (Wildman–Crippen MR) is 55.0 cm³/mol. The number of benzene rings is 1. The molecule has 0 atom stereocenters. The first-order valence-electron chi connectivity index (χ1n) is 4.68. The van der Waals surface area contributed by atoms with Crippen LogP contribution in [0.2, 0.25) is 0 Å². The van der Waals surface area contributed by atoms with Crippen LogP contribution >= 0.6 is 0 Å². The number of carbonyl (C=O) groups excluding carboxylic acids is 2. The molecule has 15 heavy (non-hydrogen) atoms. The van der Waals surface area contributed by atoms with Gasteiger partial charge in [-0.1, -0.05) is 24.3 Å². The Morgan fingerprint density at radius 1 is 1.33 bits per heavy atom. The molecule has 3 nitrogen and oxygen atoms in total. The molecule has 0 spiro atoms. The van der Waals surface area contributed by atoms with E-state index in [9.17, 15) is 9.59 Å². The Kier molecular flexibility index (Phi) is 2.37. The number of rotatable bonds is 1. The maximum absolute atomic E-state index is 11.4. The predicted octanol–water partition coefficient (Wildman–Crippen LogP) is 0.111. The van der Waals surface area contributed by atoms with Crippen molar-refractivity contribution < 1.29 is 14.3 Å². The minimum atomic E-state index is -0.394. The standard InChI is InChI=1S/C12H10O3/c1-8(13)15-12-7-10(14)6-9-4-2-3-5-11(9)12/h2-6H,7H2,1H3. The fourth-order valence-corrected chi connectivity index (χ4v) is 1.62. The molecule has 0 aliphatic heterocycles. The lowest BCUT2D eigenvalue weighted by Crippen LogP contribution is -2.33. The third-order valence-corrected chi connectivity index (χ3v) is 2.18. The van der Waals surface area contributed by atoms with Gasteiger partial charge in [0.1, 0.15) is 5.76 Å². The number of hydrogen-bond donors (Lipinski definition) is 0. The lowest BCUT2D eigenvalue weighted by molar-refractivity contribution is -0.134. The van der Waals surface area contributed by atoms with Crippen molar-refractivity contribution in [1.82, 2.24) is 0 Å². The fourth-order valence-electron chi connectivity index (χ4n) is 1.62. The van der Waals surface area contributed by atoms with Gasteiger partial charge in [0, 0.05) is 12.1 Å². The zero-order chi connectivity index (χ0) is 10.8. The average molecular weight is 202 g/mol. The lowest BCUT2D eigenvalue weighted by atomic mass is 10.1. The van der Waals surface area contributed by atoms with Crippen LogP contribution in [0.3, 0.4) is 0 Å². The molecule has 0 saturated heterocycles. The summed E-state index contributed by atoms with van der Waals surface area (Å²) in [6.07, 6.45) is 1.74. The lowest BCUT2D eigenvalue weighted by Gasteiger charge is -2.09. The summed E-state index contributed by atoms with van der Waals surface area (Å²) in [5.41, 5.74) is 0. The second-order valence-corrected chi connectivity index (χ2v) is 3.39. The van der Waals surface area contributed by atoms with E-state index in [0.717, 1.165) is 10.4 Å². The second kappa shape index (κ2) is 3.69. The Labute approximate surface area is 86.7 Å². The van der Waals surface area contributed by atoms with Crippen LogP contribution in [0.25, 0.3) is 11.8 Å². The maximum Gasteiger partial charge on any atom is 0.307 e. The first-order chi connectivity index (χ1) is 7.16. The zero-order valence-corrected chi connectivity index (χ0v) is 8.32. The fraction of sp³-hybridized carbons (Fsp3) is 0.167. The topological polar surface area (TPSA) is 43.4 Å². The van der Waals surface area contributed by atoms with Crippen molar-refractivity contribution in [2.24, 2.45) is 0 Å². The van der Waals surface area contributed by atoms with E-state index in [1.165, 1.54) is 6.92 Å². The SMILES string of the molecule is CC(=O)OC1=c2ccccc2=CC(=O)C1. The quantitative estimate of drug-likeness (QED) is 0.607. The van der Waals surface area contributed by atoms with Crippen molar-refractivity contribution in [3.8, 4) is 0 Å². The molecule has 3 heteroatoms. The van der Waals surface area contributed by atoms with E-state index < -0.39 is 5.97 Å².